The minimum absolute atomic E-state index is 0. The van der Waals surface area contributed by atoms with E-state index < -0.39 is 0 Å². The Morgan fingerprint density at radius 2 is 0.500 bits per heavy atom. The van der Waals surface area contributed by atoms with Gasteiger partial charge in [-0.15, -0.1) is 0 Å². The molecule has 0 fully saturated rings. The molecule has 0 aliphatic rings. The molecule has 0 aromatic rings. The zero-order valence-electron chi connectivity index (χ0n) is 1.71. The standard InChI is InChI=1S/3ClH.Y/h3*1H;/q;;;+3/p-3/i;;;1+1. The van der Waals surface area contributed by atoms with E-state index in [1.54, 1.807) is 0 Å². The van der Waals surface area contributed by atoms with Gasteiger partial charge in [-0.25, -0.2) is 0 Å². The predicted molar refractivity (Wildman–Crippen MR) is 0 cm³/mol. The first-order chi connectivity index (χ1) is 0. The molecule has 0 atom stereocenters. The van der Waals surface area contributed by atoms with Crippen LogP contribution in [-0.2, 0) is 32.7 Å². The van der Waals surface area contributed by atoms with E-state index in [-0.39, 0.29) is 69.9 Å². The van der Waals surface area contributed by atoms with Gasteiger partial charge in [-0.1, -0.05) is 0 Å². The van der Waals surface area contributed by atoms with Crippen molar-refractivity contribution in [3.05, 3.63) is 0 Å². The first-order valence-electron chi connectivity index (χ1n) is 0. The Labute approximate surface area is 69.2 Å². The first kappa shape index (κ1) is 37.9. The van der Waals surface area contributed by atoms with Gasteiger partial charge in [-0.3, -0.25) is 0 Å². The molecule has 0 radical (unpaired) electrons. The molecule has 0 spiro atoms. The van der Waals surface area contributed by atoms with Crippen molar-refractivity contribution in [2.75, 3.05) is 0 Å². The summed E-state index contributed by atoms with van der Waals surface area (Å²) in [5.41, 5.74) is 0. The van der Waals surface area contributed by atoms with E-state index in [9.17, 15) is 0 Å². The Morgan fingerprint density at radius 1 is 0.500 bits per heavy atom. The maximum absolute atomic E-state index is 0. The molecule has 0 N–H and O–H groups in total. The molecule has 0 saturated heterocycles. The van der Waals surface area contributed by atoms with E-state index in [1.807, 2.05) is 0 Å². The summed E-state index contributed by atoms with van der Waals surface area (Å²) in [4.78, 5) is 0. The molecule has 0 rings (SSSR count). The number of hydrogen-bond acceptors (Lipinski definition) is 0. The van der Waals surface area contributed by atoms with Gasteiger partial charge in [0.2, 0.25) is 0 Å². The van der Waals surface area contributed by atoms with Crippen molar-refractivity contribution in [2.45, 2.75) is 0 Å². The molecule has 0 unspecified atom stereocenters. The molecule has 0 heterocycles. The smallest absolute Gasteiger partial charge is 1.00 e. The molecule has 0 bridgehead atoms. The van der Waals surface area contributed by atoms with Crippen LogP contribution >= 0.6 is 0 Å². The molecule has 0 aliphatic carbocycles. The first-order valence-corrected chi connectivity index (χ1v) is 0. The van der Waals surface area contributed by atoms with Crippen LogP contribution in [0, 0.1) is 0 Å². The Bertz CT molecular complexity index is 3.25. The van der Waals surface area contributed by atoms with Gasteiger partial charge < -0.3 is 37.2 Å². The van der Waals surface area contributed by atoms with Gasteiger partial charge in [0.1, 0.15) is 0 Å². The minimum Gasteiger partial charge on any atom is -1.00 e. The van der Waals surface area contributed by atoms with Crippen molar-refractivity contribution in [3.8, 4) is 0 Å². The Morgan fingerprint density at radius 3 is 0.500 bits per heavy atom. The Balaban J connectivity index is 0. The Kier molecular flexibility index (Phi) is 191. The summed E-state index contributed by atoms with van der Waals surface area (Å²) >= 11 is 0. The molecular weight excluding hydrogens is 196 g/mol. The van der Waals surface area contributed by atoms with Crippen molar-refractivity contribution in [1.82, 2.24) is 0 Å². The molecule has 0 aliphatic heterocycles. The van der Waals surface area contributed by atoms with Gasteiger partial charge in [0.15, 0.2) is 0 Å². The van der Waals surface area contributed by atoms with E-state index in [4.69, 9.17) is 0 Å². The van der Waals surface area contributed by atoms with E-state index in [0.717, 1.165) is 0 Å². The van der Waals surface area contributed by atoms with E-state index in [0.29, 0.717) is 0 Å². The summed E-state index contributed by atoms with van der Waals surface area (Å²) in [6.07, 6.45) is 0. The fourth-order valence-corrected chi connectivity index (χ4v) is 0. The number of hydrogen-bond donors (Lipinski definition) is 0. The Hall–Kier alpha value is 1.97. The summed E-state index contributed by atoms with van der Waals surface area (Å²) in [6.45, 7) is 0. The molecule has 0 aromatic heterocycles. The predicted octanol–water partition coefficient (Wildman–Crippen LogP) is -8.99. The summed E-state index contributed by atoms with van der Waals surface area (Å²) in [5.74, 6) is 0. The summed E-state index contributed by atoms with van der Waals surface area (Å²) in [5, 5.41) is 0. The molecule has 24 valence electrons. The van der Waals surface area contributed by atoms with Crippen molar-refractivity contribution in [2.24, 2.45) is 0 Å². The van der Waals surface area contributed by atoms with Crippen LogP contribution in [0.5, 0.6) is 0 Å². The largest absolute Gasteiger partial charge is 3.00 e. The maximum atomic E-state index is 0. The summed E-state index contributed by atoms with van der Waals surface area (Å²) in [6, 6.07) is 0. The molecule has 4 heavy (non-hydrogen) atoms. The van der Waals surface area contributed by atoms with Crippen molar-refractivity contribution in [3.63, 3.8) is 0 Å². The fraction of sp³-hybridized carbons (Fsp3) is 0. The van der Waals surface area contributed by atoms with E-state index >= 15 is 0 Å². The van der Waals surface area contributed by atoms with E-state index in [2.05, 4.69) is 0 Å². The zero-order chi connectivity index (χ0) is 0. The average Bonchev–Trinajstić information content (AvgIpc) is 0. The third-order valence-corrected chi connectivity index (χ3v) is 0. The molecular formula is Cl3Y. The molecule has 0 amide bonds. The van der Waals surface area contributed by atoms with Crippen LogP contribution in [0.3, 0.4) is 0 Å². The number of halogens is 3. The quantitative estimate of drug-likeness (QED) is 0.361. The summed E-state index contributed by atoms with van der Waals surface area (Å²) < 4.78 is 0. The number of rotatable bonds is 0. The van der Waals surface area contributed by atoms with Gasteiger partial charge in [0, 0.05) is 0 Å². The summed E-state index contributed by atoms with van der Waals surface area (Å²) in [7, 11) is 0. The van der Waals surface area contributed by atoms with Crippen molar-refractivity contribution < 1.29 is 69.9 Å². The van der Waals surface area contributed by atoms with Crippen LogP contribution in [0.1, 0.15) is 0 Å². The normalized spacial score (nSPS) is 0. The van der Waals surface area contributed by atoms with Crippen LogP contribution in [0.2, 0.25) is 0 Å². The second kappa shape index (κ2) is 20.2. The minimum atomic E-state index is 0. The second-order valence-electron chi connectivity index (χ2n) is 0. The third-order valence-electron chi connectivity index (χ3n) is 0. The monoisotopic (exact) mass is 195 g/mol. The zero-order valence-corrected chi connectivity index (χ0v) is 6.82. The van der Waals surface area contributed by atoms with E-state index in [1.165, 1.54) is 0 Å². The van der Waals surface area contributed by atoms with Crippen molar-refractivity contribution in [1.29, 1.82) is 0 Å². The van der Waals surface area contributed by atoms with Crippen LogP contribution in [0.4, 0.5) is 0 Å². The maximum Gasteiger partial charge on any atom is 3.00 e. The van der Waals surface area contributed by atoms with Gasteiger partial charge in [-0.05, 0) is 0 Å². The SMILES string of the molecule is [90Y+3].[Cl-].[Cl-].[Cl-]. The van der Waals surface area contributed by atoms with Crippen LogP contribution in [0.15, 0.2) is 0 Å². The molecule has 0 saturated carbocycles. The van der Waals surface area contributed by atoms with Gasteiger partial charge >= 0.3 is 32.7 Å². The van der Waals surface area contributed by atoms with Crippen LogP contribution in [0.25, 0.3) is 0 Å². The topological polar surface area (TPSA) is 0 Å². The second-order valence-corrected chi connectivity index (χ2v) is 0. The third kappa shape index (κ3) is 9.02. The van der Waals surface area contributed by atoms with Gasteiger partial charge in [0.25, 0.3) is 0 Å². The van der Waals surface area contributed by atoms with Crippen molar-refractivity contribution >= 4 is 0 Å². The van der Waals surface area contributed by atoms with Gasteiger partial charge in [0.05, 0.1) is 0 Å². The molecule has 0 aromatic carbocycles. The van der Waals surface area contributed by atoms with Gasteiger partial charge in [-0.2, -0.15) is 0 Å². The van der Waals surface area contributed by atoms with Crippen LogP contribution < -0.4 is 37.2 Å². The molecule has 4 heteroatoms. The fourth-order valence-electron chi connectivity index (χ4n) is 0. The van der Waals surface area contributed by atoms with Crippen LogP contribution in [-0.4, -0.2) is 0 Å². The molecule has 0 nitrogen and oxygen atoms in total. The average molecular weight is 196 g/mol.